The highest BCUT2D eigenvalue weighted by atomic mass is 16.5. The van der Waals surface area contributed by atoms with Gasteiger partial charge in [0.1, 0.15) is 6.61 Å². The number of nitrogens with zero attached hydrogens (tertiary/aromatic N) is 2. The van der Waals surface area contributed by atoms with E-state index >= 15 is 0 Å². The van der Waals surface area contributed by atoms with Crippen molar-refractivity contribution in [3.8, 4) is 11.3 Å². The van der Waals surface area contributed by atoms with E-state index in [9.17, 15) is 4.79 Å². The minimum absolute atomic E-state index is 0.192. The predicted molar refractivity (Wildman–Crippen MR) is 63.0 cm³/mol. The molecule has 0 fully saturated rings. The van der Waals surface area contributed by atoms with Crippen LogP contribution in [0, 0.1) is 0 Å². The fourth-order valence-corrected chi connectivity index (χ4v) is 1.50. The Morgan fingerprint density at radius 3 is 2.59 bits per heavy atom. The number of carbonyl (C=O) groups is 1. The highest BCUT2D eigenvalue weighted by Crippen LogP contribution is 2.17. The summed E-state index contributed by atoms with van der Waals surface area (Å²) >= 11 is 0. The summed E-state index contributed by atoms with van der Waals surface area (Å²) in [5.74, 6) is 0. The van der Waals surface area contributed by atoms with Crippen molar-refractivity contribution in [1.82, 2.24) is 9.78 Å². The summed E-state index contributed by atoms with van der Waals surface area (Å²) in [5, 5.41) is 4.30. The Balaban J connectivity index is 2.10. The average molecular weight is 231 g/mol. The van der Waals surface area contributed by atoms with Crippen molar-refractivity contribution in [2.24, 2.45) is 12.8 Å². The normalized spacial score (nSPS) is 10.2. The maximum absolute atomic E-state index is 10.5. The monoisotopic (exact) mass is 231 g/mol. The Hall–Kier alpha value is -2.30. The molecule has 2 N–H and O–H groups in total. The van der Waals surface area contributed by atoms with Gasteiger partial charge in [-0.05, 0) is 11.6 Å². The van der Waals surface area contributed by atoms with Crippen LogP contribution in [-0.2, 0) is 18.4 Å². The molecule has 1 heterocycles. The molecule has 0 aliphatic heterocycles. The van der Waals surface area contributed by atoms with Crippen LogP contribution in [0.15, 0.2) is 36.5 Å². The van der Waals surface area contributed by atoms with E-state index in [-0.39, 0.29) is 6.61 Å². The molecule has 1 aromatic heterocycles. The zero-order valence-corrected chi connectivity index (χ0v) is 9.46. The molecule has 5 heteroatoms. The van der Waals surface area contributed by atoms with E-state index in [0.717, 1.165) is 16.8 Å². The number of hydrogen-bond acceptors (Lipinski definition) is 3. The van der Waals surface area contributed by atoms with E-state index in [4.69, 9.17) is 10.5 Å². The SMILES string of the molecule is Cn1ccc(-c2ccc(COC(N)=O)cc2)n1. The third kappa shape index (κ3) is 2.84. The number of nitrogens with two attached hydrogens (primary N) is 1. The van der Waals surface area contributed by atoms with E-state index in [1.807, 2.05) is 43.6 Å². The summed E-state index contributed by atoms with van der Waals surface area (Å²) in [6, 6.07) is 9.57. The predicted octanol–water partition coefficient (Wildman–Crippen LogP) is 1.68. The van der Waals surface area contributed by atoms with Crippen molar-refractivity contribution in [2.75, 3.05) is 0 Å². The van der Waals surface area contributed by atoms with Crippen LogP contribution in [0.5, 0.6) is 0 Å². The Morgan fingerprint density at radius 2 is 2.06 bits per heavy atom. The second-order valence-corrected chi connectivity index (χ2v) is 3.68. The molecule has 0 aliphatic carbocycles. The average Bonchev–Trinajstić information content (AvgIpc) is 2.74. The molecule has 1 aromatic carbocycles. The van der Waals surface area contributed by atoms with Gasteiger partial charge in [-0.1, -0.05) is 24.3 Å². The second-order valence-electron chi connectivity index (χ2n) is 3.68. The first-order chi connectivity index (χ1) is 8.15. The molecule has 88 valence electrons. The molecule has 2 aromatic rings. The van der Waals surface area contributed by atoms with Gasteiger partial charge in [0, 0.05) is 18.8 Å². The lowest BCUT2D eigenvalue weighted by Gasteiger charge is -2.02. The minimum Gasteiger partial charge on any atom is -0.445 e. The number of ether oxygens (including phenoxy) is 1. The maximum Gasteiger partial charge on any atom is 0.404 e. The first kappa shape index (κ1) is 11.2. The van der Waals surface area contributed by atoms with Gasteiger partial charge in [0.15, 0.2) is 0 Å². The van der Waals surface area contributed by atoms with Crippen molar-refractivity contribution >= 4 is 6.09 Å². The maximum atomic E-state index is 10.5. The quantitative estimate of drug-likeness (QED) is 0.873. The van der Waals surface area contributed by atoms with Crippen molar-refractivity contribution < 1.29 is 9.53 Å². The first-order valence-electron chi connectivity index (χ1n) is 5.16. The molecule has 2 rings (SSSR count). The number of rotatable bonds is 3. The molecule has 0 radical (unpaired) electrons. The number of benzene rings is 1. The van der Waals surface area contributed by atoms with Gasteiger partial charge in [-0.2, -0.15) is 5.10 Å². The highest BCUT2D eigenvalue weighted by molar-refractivity contribution is 5.64. The molecular formula is C12H13N3O2. The molecule has 0 unspecified atom stereocenters. The van der Waals surface area contributed by atoms with Crippen LogP contribution in [0.25, 0.3) is 11.3 Å². The second kappa shape index (κ2) is 4.69. The van der Waals surface area contributed by atoms with E-state index in [1.165, 1.54) is 0 Å². The molecule has 0 saturated heterocycles. The number of aromatic nitrogens is 2. The van der Waals surface area contributed by atoms with Gasteiger partial charge < -0.3 is 10.5 Å². The third-order valence-electron chi connectivity index (χ3n) is 2.34. The van der Waals surface area contributed by atoms with E-state index in [0.29, 0.717) is 0 Å². The topological polar surface area (TPSA) is 70.1 Å². The van der Waals surface area contributed by atoms with Crippen LogP contribution in [0.3, 0.4) is 0 Å². The minimum atomic E-state index is -0.765. The van der Waals surface area contributed by atoms with Crippen LogP contribution < -0.4 is 5.73 Å². The number of amides is 1. The van der Waals surface area contributed by atoms with E-state index < -0.39 is 6.09 Å². The Morgan fingerprint density at radius 1 is 1.35 bits per heavy atom. The van der Waals surface area contributed by atoms with Crippen molar-refractivity contribution in [3.63, 3.8) is 0 Å². The lowest BCUT2D eigenvalue weighted by molar-refractivity contribution is 0.150. The van der Waals surface area contributed by atoms with Gasteiger partial charge in [0.25, 0.3) is 0 Å². The fourth-order valence-electron chi connectivity index (χ4n) is 1.50. The molecule has 0 bridgehead atoms. The molecule has 0 spiro atoms. The van der Waals surface area contributed by atoms with E-state index in [2.05, 4.69) is 5.10 Å². The molecule has 0 aliphatic rings. The van der Waals surface area contributed by atoms with Crippen LogP contribution >= 0.6 is 0 Å². The number of carbonyl (C=O) groups excluding carboxylic acids is 1. The van der Waals surface area contributed by atoms with Crippen LogP contribution in [0.4, 0.5) is 4.79 Å². The van der Waals surface area contributed by atoms with Crippen molar-refractivity contribution in [1.29, 1.82) is 0 Å². The van der Waals surface area contributed by atoms with Gasteiger partial charge in [0.2, 0.25) is 0 Å². The largest absolute Gasteiger partial charge is 0.445 e. The standard InChI is InChI=1S/C12H13N3O2/c1-15-7-6-11(14-15)10-4-2-9(3-5-10)8-17-12(13)16/h2-7H,8H2,1H3,(H2,13,16). The fraction of sp³-hybridized carbons (Fsp3) is 0.167. The van der Waals surface area contributed by atoms with Gasteiger partial charge in [-0.25, -0.2) is 4.79 Å². The zero-order valence-electron chi connectivity index (χ0n) is 9.46. The number of primary amides is 1. The van der Waals surface area contributed by atoms with Crippen LogP contribution in [0.2, 0.25) is 0 Å². The molecular weight excluding hydrogens is 218 g/mol. The summed E-state index contributed by atoms with van der Waals surface area (Å²) < 4.78 is 6.45. The zero-order chi connectivity index (χ0) is 12.3. The number of aryl methyl sites for hydroxylation is 1. The lowest BCUT2D eigenvalue weighted by Crippen LogP contribution is -2.12. The lowest BCUT2D eigenvalue weighted by atomic mass is 10.1. The molecule has 5 nitrogen and oxygen atoms in total. The summed E-state index contributed by atoms with van der Waals surface area (Å²) in [7, 11) is 1.87. The molecule has 0 atom stereocenters. The number of hydrogen-bond donors (Lipinski definition) is 1. The summed E-state index contributed by atoms with van der Waals surface area (Å²) in [6.45, 7) is 0.192. The molecule has 17 heavy (non-hydrogen) atoms. The Kier molecular flexibility index (Phi) is 3.09. The molecule has 1 amide bonds. The van der Waals surface area contributed by atoms with Crippen molar-refractivity contribution in [3.05, 3.63) is 42.1 Å². The highest BCUT2D eigenvalue weighted by Gasteiger charge is 2.02. The Bertz CT molecular complexity index is 517. The van der Waals surface area contributed by atoms with E-state index in [1.54, 1.807) is 4.68 Å². The van der Waals surface area contributed by atoms with Gasteiger partial charge in [-0.15, -0.1) is 0 Å². The summed E-state index contributed by atoms with van der Waals surface area (Å²) in [6.07, 6.45) is 1.12. The van der Waals surface area contributed by atoms with Crippen LogP contribution in [-0.4, -0.2) is 15.9 Å². The molecule has 0 saturated carbocycles. The summed E-state index contributed by atoms with van der Waals surface area (Å²) in [5.41, 5.74) is 7.72. The Labute approximate surface area is 98.8 Å². The first-order valence-corrected chi connectivity index (χ1v) is 5.16. The third-order valence-corrected chi connectivity index (χ3v) is 2.34. The van der Waals surface area contributed by atoms with Gasteiger partial charge in [0.05, 0.1) is 5.69 Å². The summed E-state index contributed by atoms with van der Waals surface area (Å²) in [4.78, 5) is 10.5. The van der Waals surface area contributed by atoms with Crippen molar-refractivity contribution in [2.45, 2.75) is 6.61 Å². The smallest absolute Gasteiger partial charge is 0.404 e. The van der Waals surface area contributed by atoms with Crippen LogP contribution in [0.1, 0.15) is 5.56 Å². The van der Waals surface area contributed by atoms with Gasteiger partial charge >= 0.3 is 6.09 Å². The van der Waals surface area contributed by atoms with Gasteiger partial charge in [-0.3, -0.25) is 4.68 Å².